The first-order valence-electron chi connectivity index (χ1n) is 10.6. The number of carbonyl (C=O) groups is 1. The van der Waals surface area contributed by atoms with Crippen molar-refractivity contribution in [1.82, 2.24) is 24.2 Å². The predicted octanol–water partition coefficient (Wildman–Crippen LogP) is 2.28. The lowest BCUT2D eigenvalue weighted by Gasteiger charge is -2.40. The van der Waals surface area contributed by atoms with Crippen LogP contribution in [0.2, 0.25) is 0 Å². The second-order valence-corrected chi connectivity index (χ2v) is 9.78. The summed E-state index contributed by atoms with van der Waals surface area (Å²) < 4.78 is 33.9. The van der Waals surface area contributed by atoms with Gasteiger partial charge >= 0.3 is 5.97 Å². The molecule has 11 nitrogen and oxygen atoms in total. The molecule has 12 heteroatoms. The molecular formula is C19H31N6O5P. The first-order valence-corrected chi connectivity index (χ1v) is 12.3. The van der Waals surface area contributed by atoms with E-state index in [-0.39, 0.29) is 31.4 Å². The molecule has 3 heterocycles. The number of imidazole rings is 1. The van der Waals surface area contributed by atoms with Crippen molar-refractivity contribution >= 4 is 30.5 Å². The number of nitrogens with two attached hydrogens (primary N) is 1. The standard InChI is InChI=1S/C19H31N6O5P/c1-4-14(3)16(19(26)29-5-2)25-7-6-9-30-31(25,27)13-28-10-8-24-12-23-15-17(20)21-11-22-18(15)24/h11-12,14,16H,4-10,13H2,1-3H3,(H2,20,21,22)/t14?,16-,31+/m0/s1. The van der Waals surface area contributed by atoms with Crippen LogP contribution < -0.4 is 5.73 Å². The van der Waals surface area contributed by atoms with Gasteiger partial charge in [-0.3, -0.25) is 9.36 Å². The molecule has 1 unspecified atom stereocenters. The molecule has 3 rings (SSSR count). The second-order valence-electron chi connectivity index (χ2n) is 7.48. The molecule has 2 aromatic heterocycles. The summed E-state index contributed by atoms with van der Waals surface area (Å²) in [5.74, 6) is -0.0864. The maximum Gasteiger partial charge on any atom is 0.324 e. The molecule has 0 aliphatic carbocycles. The molecular weight excluding hydrogens is 423 g/mol. The van der Waals surface area contributed by atoms with Gasteiger partial charge in [0.1, 0.15) is 24.2 Å². The molecule has 1 saturated heterocycles. The normalized spacial score (nSPS) is 21.8. The number of nitrogen functional groups attached to an aromatic ring is 1. The number of aromatic nitrogens is 4. The highest BCUT2D eigenvalue weighted by Crippen LogP contribution is 2.55. The summed E-state index contributed by atoms with van der Waals surface area (Å²) in [5.41, 5.74) is 6.95. The number of hydrogen-bond donors (Lipinski definition) is 1. The summed E-state index contributed by atoms with van der Waals surface area (Å²) in [6, 6.07) is -0.628. The van der Waals surface area contributed by atoms with E-state index in [0.717, 1.165) is 6.42 Å². The van der Waals surface area contributed by atoms with Gasteiger partial charge < -0.3 is 24.3 Å². The van der Waals surface area contributed by atoms with E-state index in [9.17, 15) is 9.36 Å². The van der Waals surface area contributed by atoms with Gasteiger partial charge in [0.05, 0.1) is 26.1 Å². The number of fused-ring (bicyclic) bond motifs is 1. The van der Waals surface area contributed by atoms with Gasteiger partial charge in [0.15, 0.2) is 11.5 Å². The van der Waals surface area contributed by atoms with Crippen LogP contribution in [0.25, 0.3) is 11.2 Å². The van der Waals surface area contributed by atoms with E-state index in [1.54, 1.807) is 22.5 Å². The van der Waals surface area contributed by atoms with E-state index in [1.165, 1.54) is 6.33 Å². The van der Waals surface area contributed by atoms with Gasteiger partial charge in [-0.05, 0) is 19.3 Å². The van der Waals surface area contributed by atoms with Crippen molar-refractivity contribution in [2.75, 3.05) is 38.4 Å². The Hall–Kier alpha value is -2.07. The molecule has 2 aromatic rings. The largest absolute Gasteiger partial charge is 0.465 e. The van der Waals surface area contributed by atoms with E-state index in [4.69, 9.17) is 19.7 Å². The second kappa shape index (κ2) is 10.5. The third kappa shape index (κ3) is 5.23. The Kier molecular flexibility index (Phi) is 7.99. The molecule has 1 aliphatic heterocycles. The average molecular weight is 454 g/mol. The summed E-state index contributed by atoms with van der Waals surface area (Å²) >= 11 is 0. The molecule has 1 fully saturated rings. The van der Waals surface area contributed by atoms with E-state index >= 15 is 0 Å². The monoisotopic (exact) mass is 454 g/mol. The fourth-order valence-corrected chi connectivity index (χ4v) is 5.90. The maximum atomic E-state index is 13.7. The van der Waals surface area contributed by atoms with Gasteiger partial charge in [0.2, 0.25) is 0 Å². The number of anilines is 1. The number of rotatable bonds is 10. The lowest BCUT2D eigenvalue weighted by molar-refractivity contribution is -0.150. The van der Waals surface area contributed by atoms with Gasteiger partial charge in [-0.15, -0.1) is 0 Å². The minimum absolute atomic E-state index is 0.0310. The molecule has 172 valence electrons. The molecule has 0 radical (unpaired) electrons. The first-order chi connectivity index (χ1) is 14.9. The zero-order valence-electron chi connectivity index (χ0n) is 18.3. The zero-order chi connectivity index (χ0) is 22.4. The Morgan fingerprint density at radius 1 is 1.35 bits per heavy atom. The van der Waals surface area contributed by atoms with Crippen LogP contribution >= 0.6 is 7.52 Å². The van der Waals surface area contributed by atoms with Crippen molar-refractivity contribution in [3.8, 4) is 0 Å². The van der Waals surface area contributed by atoms with Crippen LogP contribution in [-0.4, -0.2) is 68.9 Å². The number of ether oxygens (including phenoxy) is 2. The average Bonchev–Trinajstić information content (AvgIpc) is 3.17. The van der Waals surface area contributed by atoms with Crippen LogP contribution in [0.5, 0.6) is 0 Å². The third-order valence-electron chi connectivity index (χ3n) is 5.41. The Labute approximate surface area is 181 Å². The van der Waals surface area contributed by atoms with Crippen molar-refractivity contribution in [2.45, 2.75) is 46.2 Å². The third-order valence-corrected chi connectivity index (χ3v) is 7.74. The quantitative estimate of drug-likeness (QED) is 0.323. The Balaban J connectivity index is 1.66. The van der Waals surface area contributed by atoms with Gasteiger partial charge in [0, 0.05) is 13.1 Å². The van der Waals surface area contributed by atoms with E-state index < -0.39 is 13.6 Å². The van der Waals surface area contributed by atoms with E-state index in [0.29, 0.717) is 43.1 Å². The van der Waals surface area contributed by atoms with Crippen LogP contribution in [0.1, 0.15) is 33.6 Å². The molecule has 31 heavy (non-hydrogen) atoms. The fourth-order valence-electron chi connectivity index (χ4n) is 3.60. The molecule has 1 aliphatic rings. The van der Waals surface area contributed by atoms with Crippen molar-refractivity contribution in [2.24, 2.45) is 5.92 Å². The topological polar surface area (TPSA) is 135 Å². The summed E-state index contributed by atoms with van der Waals surface area (Å²) in [5, 5.41) is 0. The van der Waals surface area contributed by atoms with Crippen LogP contribution in [0.15, 0.2) is 12.7 Å². The highest BCUT2D eigenvalue weighted by atomic mass is 31.2. The number of hydrogen-bond acceptors (Lipinski definition) is 9. The van der Waals surface area contributed by atoms with Gasteiger partial charge in [-0.1, -0.05) is 20.3 Å². The SMILES string of the molecule is CCOC(=O)[C@H](C(C)CC)N1CCCO[P@]1(=O)COCCn1cnc2c(N)ncnc21. The highest BCUT2D eigenvalue weighted by Gasteiger charge is 2.45. The maximum absolute atomic E-state index is 13.7. The fraction of sp³-hybridized carbons (Fsp3) is 0.684. The van der Waals surface area contributed by atoms with Crippen molar-refractivity contribution in [1.29, 1.82) is 0 Å². The Morgan fingerprint density at radius 3 is 2.90 bits per heavy atom. The van der Waals surface area contributed by atoms with Crippen molar-refractivity contribution in [3.05, 3.63) is 12.7 Å². The first kappa shape index (κ1) is 23.6. The lowest BCUT2D eigenvalue weighted by Crippen LogP contribution is -2.47. The highest BCUT2D eigenvalue weighted by molar-refractivity contribution is 7.56. The number of carbonyl (C=O) groups excluding carboxylic acids is 1. The van der Waals surface area contributed by atoms with Crippen molar-refractivity contribution in [3.63, 3.8) is 0 Å². The summed E-state index contributed by atoms with van der Waals surface area (Å²) in [4.78, 5) is 25.0. The summed E-state index contributed by atoms with van der Waals surface area (Å²) in [6.45, 7) is 7.57. The minimum Gasteiger partial charge on any atom is -0.465 e. The van der Waals surface area contributed by atoms with E-state index in [1.807, 2.05) is 13.8 Å². The predicted molar refractivity (Wildman–Crippen MR) is 115 cm³/mol. The lowest BCUT2D eigenvalue weighted by atomic mass is 9.99. The minimum atomic E-state index is -3.35. The van der Waals surface area contributed by atoms with Crippen LogP contribution in [-0.2, 0) is 29.9 Å². The molecule has 3 atom stereocenters. The molecule has 2 N–H and O–H groups in total. The molecule has 0 saturated carbocycles. The zero-order valence-corrected chi connectivity index (χ0v) is 19.2. The van der Waals surface area contributed by atoms with Crippen LogP contribution in [0.3, 0.4) is 0 Å². The van der Waals surface area contributed by atoms with Crippen LogP contribution in [0, 0.1) is 5.92 Å². The van der Waals surface area contributed by atoms with Gasteiger partial charge in [-0.25, -0.2) is 19.6 Å². The number of nitrogens with zero attached hydrogens (tertiary/aromatic N) is 5. The van der Waals surface area contributed by atoms with Crippen LogP contribution in [0.4, 0.5) is 5.82 Å². The van der Waals surface area contributed by atoms with Gasteiger partial charge in [-0.2, -0.15) is 0 Å². The molecule has 0 amide bonds. The summed E-state index contributed by atoms with van der Waals surface area (Å²) in [7, 11) is -3.35. The smallest absolute Gasteiger partial charge is 0.324 e. The van der Waals surface area contributed by atoms with Gasteiger partial charge in [0.25, 0.3) is 7.52 Å². The summed E-state index contributed by atoms with van der Waals surface area (Å²) in [6.07, 6.45) is 4.33. The molecule has 0 aromatic carbocycles. The van der Waals surface area contributed by atoms with E-state index in [2.05, 4.69) is 15.0 Å². The molecule has 0 spiro atoms. The Bertz CT molecular complexity index is 938. The Morgan fingerprint density at radius 2 is 2.16 bits per heavy atom. The number of esters is 1. The van der Waals surface area contributed by atoms with Crippen molar-refractivity contribution < 1.29 is 23.4 Å². The molecule has 0 bridgehead atoms.